The summed E-state index contributed by atoms with van der Waals surface area (Å²) in [5, 5.41) is 2.42. The number of nitrogens with zero attached hydrogens (tertiary/aromatic N) is 2. The summed E-state index contributed by atoms with van der Waals surface area (Å²) in [5.41, 5.74) is 44.3. The summed E-state index contributed by atoms with van der Waals surface area (Å²) < 4.78 is 0. The third-order valence-electron chi connectivity index (χ3n) is 26.5. The van der Waals surface area contributed by atoms with Gasteiger partial charge in [-0.05, 0) is 233 Å². The van der Waals surface area contributed by atoms with E-state index in [4.69, 9.17) is 0 Å². The summed E-state index contributed by atoms with van der Waals surface area (Å²) in [6.07, 6.45) is 0. The average Bonchev–Trinajstić information content (AvgIpc) is 1.54. The van der Waals surface area contributed by atoms with Gasteiger partial charge >= 0.3 is 0 Å². The highest BCUT2D eigenvalue weighted by molar-refractivity contribution is 6.09. The largest absolute Gasteiger partial charge is 0.310 e. The molecular formula is C124H90N2. The topological polar surface area (TPSA) is 6.48 Å². The Labute approximate surface area is 739 Å². The van der Waals surface area contributed by atoms with Crippen LogP contribution in [0.15, 0.2) is 473 Å². The molecule has 2 nitrogen and oxygen atoms in total. The van der Waals surface area contributed by atoms with Gasteiger partial charge in [0.25, 0.3) is 0 Å². The molecule has 0 spiro atoms. The second kappa shape index (κ2) is 31.9. The SMILES string of the molecule is CC1(C)c2ccccc2-c2c(-c3cccc(N(c4ccc(-c5ccc(-c6cc(-c7ccc8c(c7)C(C)(C)c7cccc(-c9ccccc9N(c9ccccc9-c9ccccc9)c9cccc(-c%10ccccc%10)c9-c9ccccc9-c9ccccc9)c7-8)c7ccccc7c6)cc5)cc4)c4cccc(-c5ccccc5)c4-c4ccccc4-c4ccccc4)c3)cccc21. The zero-order valence-corrected chi connectivity index (χ0v) is 70.9. The lowest BCUT2D eigenvalue weighted by Gasteiger charge is -2.33. The number of anilines is 6. The van der Waals surface area contributed by atoms with Crippen LogP contribution >= 0.6 is 0 Å². The fraction of sp³-hybridized carbons (Fsp3) is 0.0484. The van der Waals surface area contributed by atoms with Gasteiger partial charge in [0.15, 0.2) is 0 Å². The van der Waals surface area contributed by atoms with Gasteiger partial charge in [0, 0.05) is 44.5 Å². The first kappa shape index (κ1) is 76.4. The van der Waals surface area contributed by atoms with Crippen molar-refractivity contribution >= 4 is 44.9 Å². The second-order valence-corrected chi connectivity index (χ2v) is 34.5. The molecule has 2 aliphatic rings. The molecule has 0 bridgehead atoms. The predicted octanol–water partition coefficient (Wildman–Crippen LogP) is 34.4. The second-order valence-electron chi connectivity index (χ2n) is 34.5. The number of hydrogen-bond acceptors (Lipinski definition) is 2. The molecule has 596 valence electrons. The number of para-hydroxylation sites is 2. The third kappa shape index (κ3) is 13.4. The van der Waals surface area contributed by atoms with Gasteiger partial charge in [-0.15, -0.1) is 0 Å². The van der Waals surface area contributed by atoms with E-state index in [9.17, 15) is 0 Å². The fourth-order valence-corrected chi connectivity index (χ4v) is 20.5. The van der Waals surface area contributed by atoms with Crippen molar-refractivity contribution in [1.82, 2.24) is 0 Å². The highest BCUT2D eigenvalue weighted by Crippen LogP contribution is 2.59. The van der Waals surface area contributed by atoms with E-state index in [0.29, 0.717) is 0 Å². The zero-order chi connectivity index (χ0) is 84.4. The lowest BCUT2D eigenvalue weighted by Crippen LogP contribution is -2.15. The molecule has 20 aromatic rings. The molecule has 2 heteroatoms. The number of fused-ring (bicyclic) bond motifs is 7. The molecule has 22 rings (SSSR count). The molecule has 2 aliphatic carbocycles. The van der Waals surface area contributed by atoms with E-state index in [2.05, 4.69) is 511 Å². The Bertz CT molecular complexity index is 7530. The maximum absolute atomic E-state index is 2.56. The minimum Gasteiger partial charge on any atom is -0.310 e. The van der Waals surface area contributed by atoms with Crippen LogP contribution in [-0.2, 0) is 10.8 Å². The van der Waals surface area contributed by atoms with Crippen molar-refractivity contribution in [2.24, 2.45) is 0 Å². The summed E-state index contributed by atoms with van der Waals surface area (Å²) in [7, 11) is 0. The Morgan fingerprint density at radius 1 is 0.151 bits per heavy atom. The van der Waals surface area contributed by atoms with E-state index in [1.165, 1.54) is 105 Å². The maximum Gasteiger partial charge on any atom is 0.0547 e. The average molecular weight is 1610 g/mol. The van der Waals surface area contributed by atoms with Crippen molar-refractivity contribution in [3.05, 3.63) is 495 Å². The smallest absolute Gasteiger partial charge is 0.0547 e. The Morgan fingerprint density at radius 3 is 1.06 bits per heavy atom. The summed E-state index contributed by atoms with van der Waals surface area (Å²) >= 11 is 0. The zero-order valence-electron chi connectivity index (χ0n) is 70.9. The van der Waals surface area contributed by atoms with Gasteiger partial charge in [-0.1, -0.05) is 434 Å². The molecule has 0 aliphatic heterocycles. The molecule has 0 atom stereocenters. The fourth-order valence-electron chi connectivity index (χ4n) is 20.5. The first-order valence-electron chi connectivity index (χ1n) is 43.9. The van der Waals surface area contributed by atoms with Crippen LogP contribution in [0.1, 0.15) is 49.9 Å². The van der Waals surface area contributed by atoms with Crippen molar-refractivity contribution in [3.8, 4) is 156 Å². The molecular weight excluding hydrogens is 1520 g/mol. The minimum atomic E-state index is -0.353. The Kier molecular flexibility index (Phi) is 19.4. The van der Waals surface area contributed by atoms with Crippen LogP contribution in [0.2, 0.25) is 0 Å². The quantitative estimate of drug-likeness (QED) is 0.0845. The highest BCUT2D eigenvalue weighted by Gasteiger charge is 2.40. The van der Waals surface area contributed by atoms with Crippen molar-refractivity contribution in [2.75, 3.05) is 9.80 Å². The molecule has 0 fully saturated rings. The number of hydrogen-bond donors (Lipinski definition) is 0. The van der Waals surface area contributed by atoms with Crippen LogP contribution in [0.4, 0.5) is 34.1 Å². The molecule has 20 aromatic carbocycles. The Balaban J connectivity index is 0.637. The number of rotatable bonds is 18. The van der Waals surface area contributed by atoms with E-state index in [-0.39, 0.29) is 10.8 Å². The van der Waals surface area contributed by atoms with Crippen molar-refractivity contribution in [3.63, 3.8) is 0 Å². The summed E-state index contributed by atoms with van der Waals surface area (Å²) in [6, 6.07) is 176. The van der Waals surface area contributed by atoms with Gasteiger partial charge in [0.05, 0.1) is 22.7 Å². The highest BCUT2D eigenvalue weighted by atomic mass is 15.2. The van der Waals surface area contributed by atoms with Crippen molar-refractivity contribution < 1.29 is 0 Å². The predicted molar refractivity (Wildman–Crippen MR) is 534 cm³/mol. The van der Waals surface area contributed by atoms with Crippen LogP contribution in [0.25, 0.3) is 167 Å². The summed E-state index contributed by atoms with van der Waals surface area (Å²) in [4.78, 5) is 5.06. The van der Waals surface area contributed by atoms with Crippen molar-refractivity contribution in [1.29, 1.82) is 0 Å². The molecule has 0 amide bonds. The molecule has 126 heavy (non-hydrogen) atoms. The third-order valence-corrected chi connectivity index (χ3v) is 26.5. The Morgan fingerprint density at radius 2 is 0.492 bits per heavy atom. The number of benzene rings is 20. The molecule has 0 saturated heterocycles. The van der Waals surface area contributed by atoms with Crippen LogP contribution < -0.4 is 9.80 Å². The molecule has 0 aromatic heterocycles. The molecule has 0 unspecified atom stereocenters. The van der Waals surface area contributed by atoms with Gasteiger partial charge in [0.2, 0.25) is 0 Å². The standard InChI is InChI=1S/C124H90N2/c1-123(2)111-62-29-26-57-108(111)119-103(58-33-63-112(119)123)92-48-32-49-96(80-92)125(117-67-35-59-101(89-43-16-8-17-44-89)121(117)105-55-24-22-50-97(105)86-37-10-5-11-38-86)95-76-73-84(74-77-95)83-69-71-85(72-70-83)94-79-91-47-20-21-52-99(91)110(81-94)93-75-78-109-114(82-93)124(3,4)113-64-34-61-107(120(109)113)104-54-28-31-66-116(104)126(115-65-30-27-53-100(115)88-41-14-7-15-42-88)118-68-36-60-102(90-45-18-9-19-46-90)122(118)106-56-25-23-51-98(106)87-39-12-6-13-40-87/h5-82H,1-4H3. The van der Waals surface area contributed by atoms with Gasteiger partial charge in [-0.25, -0.2) is 0 Å². The van der Waals surface area contributed by atoms with E-state index >= 15 is 0 Å². The van der Waals surface area contributed by atoms with Crippen LogP contribution in [0.5, 0.6) is 0 Å². The molecule has 0 N–H and O–H groups in total. The van der Waals surface area contributed by atoms with Gasteiger partial charge in [-0.3, -0.25) is 0 Å². The summed E-state index contributed by atoms with van der Waals surface area (Å²) in [5.74, 6) is 0. The lowest BCUT2D eigenvalue weighted by molar-refractivity contribution is 0.660. The molecule has 0 heterocycles. The summed E-state index contributed by atoms with van der Waals surface area (Å²) in [6.45, 7) is 9.58. The first-order chi connectivity index (χ1) is 62.1. The molecule has 0 radical (unpaired) electrons. The van der Waals surface area contributed by atoms with Crippen molar-refractivity contribution in [2.45, 2.75) is 38.5 Å². The molecule has 0 saturated carbocycles. The van der Waals surface area contributed by atoms with E-state index in [1.54, 1.807) is 0 Å². The van der Waals surface area contributed by atoms with Gasteiger partial charge in [-0.2, -0.15) is 0 Å². The monoisotopic (exact) mass is 1610 g/mol. The Hall–Kier alpha value is -15.7. The van der Waals surface area contributed by atoms with Crippen LogP contribution in [0, 0.1) is 0 Å². The van der Waals surface area contributed by atoms with Gasteiger partial charge < -0.3 is 9.80 Å². The van der Waals surface area contributed by atoms with E-state index in [1.807, 2.05) is 0 Å². The van der Waals surface area contributed by atoms with Crippen LogP contribution in [-0.4, -0.2) is 0 Å². The normalized spacial score (nSPS) is 12.6. The van der Waals surface area contributed by atoms with Crippen LogP contribution in [0.3, 0.4) is 0 Å². The van der Waals surface area contributed by atoms with Gasteiger partial charge in [0.1, 0.15) is 0 Å². The first-order valence-corrected chi connectivity index (χ1v) is 43.9. The maximum atomic E-state index is 2.56. The van der Waals surface area contributed by atoms with E-state index in [0.717, 1.165) is 118 Å². The minimum absolute atomic E-state index is 0.138. The van der Waals surface area contributed by atoms with E-state index < -0.39 is 0 Å². The lowest BCUT2D eigenvalue weighted by atomic mass is 9.81.